The van der Waals surface area contributed by atoms with Crippen LogP contribution in [-0.2, 0) is 9.47 Å². The van der Waals surface area contributed by atoms with E-state index < -0.39 is 18.3 Å². The molecule has 3 aliphatic rings. The van der Waals surface area contributed by atoms with Crippen LogP contribution in [0.15, 0.2) is 11.9 Å². The molecule has 0 atom stereocenters. The number of allylic oxidation sites excluding steroid dienone is 1. The Morgan fingerprint density at radius 2 is 1.23 bits per heavy atom. The van der Waals surface area contributed by atoms with Crippen LogP contribution in [0.3, 0.4) is 0 Å². The predicted molar refractivity (Wildman–Crippen MR) is 109 cm³/mol. The molecule has 30 heavy (non-hydrogen) atoms. The van der Waals surface area contributed by atoms with E-state index in [1.807, 2.05) is 0 Å². The lowest BCUT2D eigenvalue weighted by molar-refractivity contribution is -0.200. The molecular weight excluding hydrogens is 396 g/mol. The second-order valence-corrected chi connectivity index (χ2v) is 9.86. The molecule has 3 fully saturated rings. The van der Waals surface area contributed by atoms with Gasteiger partial charge in [0.2, 0.25) is 6.29 Å². The lowest BCUT2D eigenvalue weighted by atomic mass is 9.72. The van der Waals surface area contributed by atoms with E-state index in [9.17, 15) is 17.6 Å². The van der Waals surface area contributed by atoms with Gasteiger partial charge in [0.05, 0.1) is 19.3 Å². The molecule has 2 nitrogen and oxygen atoms in total. The standard InChI is InChI=1S/C24H38F4O2/c1-2-3-17-4-6-18(7-5-17)8-9-19-10-12-20(13-11-19)21-15-29-23(30-16-21)22(25)14-24(26,27)28/h14,17-21,23H,2-13,15-16H2,1H3/b22-14-. The SMILES string of the molecule is CCCC1CCC(CCC2CCC(C3COC(/C(F)=C/C(F)(F)F)OC3)CC2)CC1. The fourth-order valence-corrected chi connectivity index (χ4v) is 5.81. The first-order chi connectivity index (χ1) is 14.3. The third kappa shape index (κ3) is 7.51. The number of hydrogen-bond donors (Lipinski definition) is 0. The molecule has 0 radical (unpaired) electrons. The summed E-state index contributed by atoms with van der Waals surface area (Å²) in [6, 6.07) is 0. The van der Waals surface area contributed by atoms with Crippen molar-refractivity contribution >= 4 is 0 Å². The first kappa shape index (κ1) is 24.0. The average molecular weight is 435 g/mol. The zero-order valence-electron chi connectivity index (χ0n) is 18.3. The predicted octanol–water partition coefficient (Wildman–Crippen LogP) is 7.58. The summed E-state index contributed by atoms with van der Waals surface area (Å²) in [7, 11) is 0. The highest BCUT2D eigenvalue weighted by Gasteiger charge is 2.35. The first-order valence-electron chi connectivity index (χ1n) is 12.0. The maximum Gasteiger partial charge on any atom is 0.412 e. The summed E-state index contributed by atoms with van der Waals surface area (Å²) in [5.41, 5.74) is 0. The van der Waals surface area contributed by atoms with E-state index in [0.717, 1.165) is 30.6 Å². The van der Waals surface area contributed by atoms with Crippen LogP contribution in [-0.4, -0.2) is 25.7 Å². The molecule has 0 spiro atoms. The summed E-state index contributed by atoms with van der Waals surface area (Å²) in [6.45, 7) is 2.84. The molecular formula is C24H38F4O2. The lowest BCUT2D eigenvalue weighted by Crippen LogP contribution is -2.38. The van der Waals surface area contributed by atoms with Gasteiger partial charge < -0.3 is 9.47 Å². The number of halogens is 4. The summed E-state index contributed by atoms with van der Waals surface area (Å²) in [4.78, 5) is 0. The van der Waals surface area contributed by atoms with Crippen molar-refractivity contribution in [1.29, 1.82) is 0 Å². The van der Waals surface area contributed by atoms with Crippen LogP contribution in [0.1, 0.15) is 84.0 Å². The fraction of sp³-hybridized carbons (Fsp3) is 0.917. The fourth-order valence-electron chi connectivity index (χ4n) is 5.81. The topological polar surface area (TPSA) is 18.5 Å². The van der Waals surface area contributed by atoms with E-state index in [0.29, 0.717) is 5.92 Å². The Labute approximate surface area is 178 Å². The Morgan fingerprint density at radius 1 is 0.767 bits per heavy atom. The van der Waals surface area contributed by atoms with E-state index in [1.54, 1.807) is 0 Å². The third-order valence-corrected chi connectivity index (χ3v) is 7.65. The van der Waals surface area contributed by atoms with Gasteiger partial charge in [-0.25, -0.2) is 4.39 Å². The van der Waals surface area contributed by atoms with Gasteiger partial charge in [0.15, 0.2) is 5.83 Å². The second-order valence-electron chi connectivity index (χ2n) is 9.86. The molecule has 2 saturated carbocycles. The Balaban J connectivity index is 1.31. The molecule has 2 aliphatic carbocycles. The van der Waals surface area contributed by atoms with Gasteiger partial charge >= 0.3 is 6.18 Å². The number of ether oxygens (including phenoxy) is 2. The molecule has 0 N–H and O–H groups in total. The Bertz CT molecular complexity index is 524. The summed E-state index contributed by atoms with van der Waals surface area (Å²) >= 11 is 0. The van der Waals surface area contributed by atoms with Gasteiger partial charge in [-0.2, -0.15) is 13.2 Å². The molecule has 174 valence electrons. The summed E-state index contributed by atoms with van der Waals surface area (Å²) in [5, 5.41) is 0. The molecule has 6 heteroatoms. The van der Waals surface area contributed by atoms with Gasteiger partial charge in [0.25, 0.3) is 0 Å². The summed E-state index contributed by atoms with van der Waals surface area (Å²) in [6.07, 6.45) is 9.20. The molecule has 1 heterocycles. The first-order valence-corrected chi connectivity index (χ1v) is 12.0. The number of hydrogen-bond acceptors (Lipinski definition) is 2. The smallest absolute Gasteiger partial charge is 0.346 e. The minimum atomic E-state index is -4.69. The third-order valence-electron chi connectivity index (χ3n) is 7.65. The van der Waals surface area contributed by atoms with Gasteiger partial charge in [-0.3, -0.25) is 0 Å². The van der Waals surface area contributed by atoms with Crippen molar-refractivity contribution in [2.24, 2.45) is 29.6 Å². The van der Waals surface area contributed by atoms with Gasteiger partial charge in [-0.05, 0) is 36.5 Å². The van der Waals surface area contributed by atoms with Crippen LogP contribution in [0.5, 0.6) is 0 Å². The maximum atomic E-state index is 13.6. The van der Waals surface area contributed by atoms with E-state index >= 15 is 0 Å². The molecule has 1 saturated heterocycles. The minimum Gasteiger partial charge on any atom is -0.346 e. The molecule has 0 unspecified atom stereocenters. The zero-order chi connectivity index (χ0) is 21.6. The van der Waals surface area contributed by atoms with Crippen LogP contribution in [0.4, 0.5) is 17.6 Å². The van der Waals surface area contributed by atoms with Crippen molar-refractivity contribution in [2.75, 3.05) is 13.2 Å². The van der Waals surface area contributed by atoms with Gasteiger partial charge in [0, 0.05) is 5.92 Å². The highest BCUT2D eigenvalue weighted by molar-refractivity contribution is 5.01. The monoisotopic (exact) mass is 434 g/mol. The molecule has 0 aromatic carbocycles. The van der Waals surface area contributed by atoms with Crippen LogP contribution in [0.2, 0.25) is 0 Å². The van der Waals surface area contributed by atoms with Crippen molar-refractivity contribution in [3.8, 4) is 0 Å². The van der Waals surface area contributed by atoms with Crippen LogP contribution in [0, 0.1) is 29.6 Å². The normalized spacial score (nSPS) is 36.6. The minimum absolute atomic E-state index is 0.162. The molecule has 3 rings (SSSR count). The van der Waals surface area contributed by atoms with Crippen molar-refractivity contribution in [1.82, 2.24) is 0 Å². The highest BCUT2D eigenvalue weighted by Crippen LogP contribution is 2.40. The molecule has 0 amide bonds. The van der Waals surface area contributed by atoms with E-state index in [4.69, 9.17) is 9.47 Å². The number of alkyl halides is 3. The summed E-state index contributed by atoms with van der Waals surface area (Å²) in [5.74, 6) is 1.94. The number of rotatable bonds is 7. The van der Waals surface area contributed by atoms with Crippen molar-refractivity contribution < 1.29 is 27.0 Å². The maximum absolute atomic E-state index is 13.6. The molecule has 0 aromatic rings. The van der Waals surface area contributed by atoms with Gasteiger partial charge in [-0.1, -0.05) is 71.1 Å². The van der Waals surface area contributed by atoms with E-state index in [1.165, 1.54) is 64.2 Å². The van der Waals surface area contributed by atoms with Crippen molar-refractivity contribution in [3.05, 3.63) is 11.9 Å². The average Bonchev–Trinajstić information content (AvgIpc) is 2.73. The lowest BCUT2D eigenvalue weighted by Gasteiger charge is -2.38. The van der Waals surface area contributed by atoms with Crippen molar-refractivity contribution in [2.45, 2.75) is 96.4 Å². The highest BCUT2D eigenvalue weighted by atomic mass is 19.4. The van der Waals surface area contributed by atoms with Crippen LogP contribution >= 0.6 is 0 Å². The molecule has 0 aromatic heterocycles. The van der Waals surface area contributed by atoms with Crippen LogP contribution < -0.4 is 0 Å². The largest absolute Gasteiger partial charge is 0.412 e. The molecule has 0 bridgehead atoms. The quantitative estimate of drug-likeness (QED) is 0.384. The Hall–Kier alpha value is -0.620. The van der Waals surface area contributed by atoms with Crippen LogP contribution in [0.25, 0.3) is 0 Å². The molecule has 1 aliphatic heterocycles. The summed E-state index contributed by atoms with van der Waals surface area (Å²) < 4.78 is 60.9. The van der Waals surface area contributed by atoms with Crippen molar-refractivity contribution in [3.63, 3.8) is 0 Å². The van der Waals surface area contributed by atoms with Gasteiger partial charge in [0.1, 0.15) is 0 Å². The Morgan fingerprint density at radius 3 is 1.70 bits per heavy atom. The van der Waals surface area contributed by atoms with E-state index in [-0.39, 0.29) is 25.2 Å². The Kier molecular flexibility index (Phi) is 9.06. The van der Waals surface area contributed by atoms with E-state index in [2.05, 4.69) is 6.92 Å². The zero-order valence-corrected chi connectivity index (χ0v) is 18.3. The second kappa shape index (κ2) is 11.3. The van der Waals surface area contributed by atoms with Gasteiger partial charge in [-0.15, -0.1) is 0 Å².